The van der Waals surface area contributed by atoms with Gasteiger partial charge in [-0.15, -0.1) is 5.10 Å². The lowest BCUT2D eigenvalue weighted by Gasteiger charge is -2.26. The van der Waals surface area contributed by atoms with Gasteiger partial charge in [0.1, 0.15) is 0 Å². The Labute approximate surface area is 106 Å². The third-order valence-corrected chi connectivity index (χ3v) is 3.34. The summed E-state index contributed by atoms with van der Waals surface area (Å²) in [5.74, 6) is 0.149. The minimum atomic E-state index is -0.449. The number of nitrogens with two attached hydrogens (primary N) is 1. The average molecular weight is 255 g/mol. The summed E-state index contributed by atoms with van der Waals surface area (Å²) >= 11 is 0. The molecule has 7 heteroatoms. The standard InChI is InChI=1S/C11H21N5O2/c1-5-11(12,6-2)7-13-8-9(17)15(3)10(18)16(4)14-8/h5-7,12H2,1-4H3,(H,13,14). The number of rotatable bonds is 5. The molecule has 1 aromatic heterocycles. The molecular formula is C11H21N5O2. The monoisotopic (exact) mass is 255 g/mol. The van der Waals surface area contributed by atoms with Crippen LogP contribution >= 0.6 is 0 Å². The van der Waals surface area contributed by atoms with Gasteiger partial charge in [0.2, 0.25) is 5.82 Å². The predicted octanol–water partition coefficient (Wildman–Crippen LogP) is -0.592. The molecule has 102 valence electrons. The van der Waals surface area contributed by atoms with Gasteiger partial charge in [0.15, 0.2) is 0 Å². The van der Waals surface area contributed by atoms with Crippen molar-refractivity contribution in [2.75, 3.05) is 11.9 Å². The van der Waals surface area contributed by atoms with Gasteiger partial charge in [-0.25, -0.2) is 9.48 Å². The summed E-state index contributed by atoms with van der Waals surface area (Å²) in [6, 6.07) is 0. The van der Waals surface area contributed by atoms with Gasteiger partial charge in [-0.05, 0) is 12.8 Å². The van der Waals surface area contributed by atoms with E-state index >= 15 is 0 Å². The van der Waals surface area contributed by atoms with E-state index in [1.165, 1.54) is 14.1 Å². The van der Waals surface area contributed by atoms with Crippen LogP contribution in [0.2, 0.25) is 0 Å². The first-order valence-electron chi connectivity index (χ1n) is 6.01. The minimum absolute atomic E-state index is 0.149. The molecule has 0 aliphatic rings. The molecule has 1 rings (SSSR count). The zero-order valence-corrected chi connectivity index (χ0v) is 11.4. The van der Waals surface area contributed by atoms with Gasteiger partial charge in [0, 0.05) is 26.2 Å². The first kappa shape index (κ1) is 14.4. The first-order chi connectivity index (χ1) is 8.34. The third-order valence-electron chi connectivity index (χ3n) is 3.34. The van der Waals surface area contributed by atoms with E-state index in [-0.39, 0.29) is 11.4 Å². The zero-order valence-electron chi connectivity index (χ0n) is 11.4. The van der Waals surface area contributed by atoms with Gasteiger partial charge in [0.25, 0.3) is 5.56 Å². The highest BCUT2D eigenvalue weighted by Crippen LogP contribution is 2.10. The Morgan fingerprint density at radius 2 is 1.83 bits per heavy atom. The molecule has 0 saturated carbocycles. The molecule has 0 atom stereocenters. The highest BCUT2D eigenvalue weighted by Gasteiger charge is 2.21. The fraction of sp³-hybridized carbons (Fsp3) is 0.727. The number of aryl methyl sites for hydroxylation is 1. The van der Waals surface area contributed by atoms with E-state index in [9.17, 15) is 9.59 Å². The van der Waals surface area contributed by atoms with Crippen molar-refractivity contribution in [3.05, 3.63) is 20.8 Å². The maximum atomic E-state index is 11.8. The van der Waals surface area contributed by atoms with E-state index in [1.54, 1.807) is 0 Å². The fourth-order valence-corrected chi connectivity index (χ4v) is 1.57. The first-order valence-corrected chi connectivity index (χ1v) is 6.01. The molecule has 0 radical (unpaired) electrons. The van der Waals surface area contributed by atoms with E-state index in [4.69, 9.17) is 5.73 Å². The normalized spacial score (nSPS) is 11.6. The van der Waals surface area contributed by atoms with Gasteiger partial charge >= 0.3 is 5.69 Å². The summed E-state index contributed by atoms with van der Waals surface area (Å²) in [5.41, 5.74) is 4.87. The van der Waals surface area contributed by atoms with Crippen molar-refractivity contribution in [2.24, 2.45) is 19.8 Å². The lowest BCUT2D eigenvalue weighted by molar-refractivity contribution is 0.416. The van der Waals surface area contributed by atoms with Crippen molar-refractivity contribution in [3.8, 4) is 0 Å². The smallest absolute Gasteiger partial charge is 0.346 e. The maximum absolute atomic E-state index is 11.8. The van der Waals surface area contributed by atoms with Crippen LogP contribution in [-0.2, 0) is 14.1 Å². The Balaban J connectivity index is 3.00. The molecule has 0 aliphatic heterocycles. The third kappa shape index (κ3) is 2.79. The van der Waals surface area contributed by atoms with Crippen LogP contribution in [0.4, 0.5) is 5.82 Å². The van der Waals surface area contributed by atoms with Crippen LogP contribution in [0.15, 0.2) is 9.59 Å². The van der Waals surface area contributed by atoms with Crippen LogP contribution in [0.25, 0.3) is 0 Å². The summed E-state index contributed by atoms with van der Waals surface area (Å²) in [7, 11) is 2.93. The van der Waals surface area contributed by atoms with Crippen molar-refractivity contribution < 1.29 is 0 Å². The Bertz CT molecular complexity index is 527. The fourth-order valence-electron chi connectivity index (χ4n) is 1.57. The minimum Gasteiger partial charge on any atom is -0.362 e. The lowest BCUT2D eigenvalue weighted by atomic mass is 9.94. The summed E-state index contributed by atoms with van der Waals surface area (Å²) in [6.45, 7) is 4.44. The average Bonchev–Trinajstić information content (AvgIpc) is 2.38. The Morgan fingerprint density at radius 3 is 2.33 bits per heavy atom. The Kier molecular flexibility index (Phi) is 4.28. The summed E-state index contributed by atoms with van der Waals surface area (Å²) in [5, 5.41) is 6.84. The van der Waals surface area contributed by atoms with E-state index in [0.29, 0.717) is 6.54 Å². The molecule has 0 aliphatic carbocycles. The number of hydrogen-bond acceptors (Lipinski definition) is 5. The molecule has 0 fully saturated rings. The van der Waals surface area contributed by atoms with Crippen LogP contribution in [0.1, 0.15) is 26.7 Å². The molecule has 18 heavy (non-hydrogen) atoms. The molecule has 0 spiro atoms. The second kappa shape index (κ2) is 5.34. The summed E-state index contributed by atoms with van der Waals surface area (Å²) in [4.78, 5) is 23.3. The van der Waals surface area contributed by atoms with Gasteiger partial charge in [-0.2, -0.15) is 0 Å². The van der Waals surface area contributed by atoms with Gasteiger partial charge in [0.05, 0.1) is 0 Å². The molecule has 0 amide bonds. The molecule has 0 aromatic carbocycles. The quantitative estimate of drug-likeness (QED) is 0.733. The zero-order chi connectivity index (χ0) is 13.9. The van der Waals surface area contributed by atoms with Crippen LogP contribution < -0.4 is 22.3 Å². The number of hydrogen-bond donors (Lipinski definition) is 2. The van der Waals surface area contributed by atoms with Crippen molar-refractivity contribution in [2.45, 2.75) is 32.2 Å². The second-order valence-corrected chi connectivity index (χ2v) is 4.54. The molecular weight excluding hydrogens is 234 g/mol. The number of aromatic nitrogens is 3. The Morgan fingerprint density at radius 1 is 1.28 bits per heavy atom. The molecule has 1 heterocycles. The van der Waals surface area contributed by atoms with E-state index in [1.807, 2.05) is 13.8 Å². The molecule has 7 nitrogen and oxygen atoms in total. The van der Waals surface area contributed by atoms with Crippen molar-refractivity contribution >= 4 is 5.82 Å². The molecule has 3 N–H and O–H groups in total. The highest BCUT2D eigenvalue weighted by atomic mass is 16.2. The maximum Gasteiger partial charge on any atom is 0.346 e. The van der Waals surface area contributed by atoms with Crippen molar-refractivity contribution in [1.29, 1.82) is 0 Å². The topological polar surface area (TPSA) is 94.9 Å². The summed E-state index contributed by atoms with van der Waals surface area (Å²) < 4.78 is 2.14. The number of nitrogens with one attached hydrogen (secondary N) is 1. The van der Waals surface area contributed by atoms with Crippen LogP contribution in [0.5, 0.6) is 0 Å². The lowest BCUT2D eigenvalue weighted by Crippen LogP contribution is -2.47. The molecule has 0 saturated heterocycles. The number of nitrogens with zero attached hydrogens (tertiary/aromatic N) is 3. The second-order valence-electron chi connectivity index (χ2n) is 4.54. The number of anilines is 1. The SMILES string of the molecule is CCC(N)(CC)CNc1nn(C)c(=O)n(C)c1=O. The van der Waals surface area contributed by atoms with Gasteiger partial charge in [-0.3, -0.25) is 9.36 Å². The highest BCUT2D eigenvalue weighted by molar-refractivity contribution is 5.30. The molecule has 1 aromatic rings. The van der Waals surface area contributed by atoms with Crippen LogP contribution in [0, 0.1) is 0 Å². The van der Waals surface area contributed by atoms with Crippen LogP contribution in [-0.4, -0.2) is 26.4 Å². The van der Waals surface area contributed by atoms with Crippen LogP contribution in [0.3, 0.4) is 0 Å². The van der Waals surface area contributed by atoms with E-state index in [2.05, 4.69) is 10.4 Å². The molecule has 0 unspecified atom stereocenters. The largest absolute Gasteiger partial charge is 0.362 e. The van der Waals surface area contributed by atoms with Crippen molar-refractivity contribution in [3.63, 3.8) is 0 Å². The van der Waals surface area contributed by atoms with E-state index < -0.39 is 11.2 Å². The summed E-state index contributed by atoms with van der Waals surface area (Å²) in [6.07, 6.45) is 1.59. The van der Waals surface area contributed by atoms with Gasteiger partial charge in [-0.1, -0.05) is 13.8 Å². The van der Waals surface area contributed by atoms with Crippen molar-refractivity contribution in [1.82, 2.24) is 14.3 Å². The molecule has 0 bridgehead atoms. The Hall–Kier alpha value is -1.63. The predicted molar refractivity (Wildman–Crippen MR) is 70.7 cm³/mol. The van der Waals surface area contributed by atoms with Gasteiger partial charge < -0.3 is 11.1 Å². The van der Waals surface area contributed by atoms with E-state index in [0.717, 1.165) is 22.1 Å².